The van der Waals surface area contributed by atoms with Gasteiger partial charge in [-0.15, -0.1) is 0 Å². The van der Waals surface area contributed by atoms with Crippen LogP contribution in [-0.4, -0.2) is 0 Å². The highest BCUT2D eigenvalue weighted by Gasteiger charge is 2.16. The van der Waals surface area contributed by atoms with Gasteiger partial charge in [0.25, 0.3) is 0 Å². The summed E-state index contributed by atoms with van der Waals surface area (Å²) in [4.78, 5) is 2.37. The van der Waals surface area contributed by atoms with Gasteiger partial charge < -0.3 is 4.90 Å². The van der Waals surface area contributed by atoms with Gasteiger partial charge in [-0.1, -0.05) is 200 Å². The first-order chi connectivity index (χ1) is 31.2. The van der Waals surface area contributed by atoms with Crippen molar-refractivity contribution in [2.75, 3.05) is 4.90 Å². The highest BCUT2D eigenvalue weighted by molar-refractivity contribution is 6.14. The minimum atomic E-state index is 1.10. The van der Waals surface area contributed by atoms with Crippen molar-refractivity contribution in [2.45, 2.75) is 0 Å². The van der Waals surface area contributed by atoms with Crippen LogP contribution in [0.2, 0.25) is 0 Å². The molecule has 0 amide bonds. The number of anilines is 3. The van der Waals surface area contributed by atoms with Crippen molar-refractivity contribution in [3.05, 3.63) is 249 Å². The van der Waals surface area contributed by atoms with E-state index in [1.807, 2.05) is 0 Å². The molecule has 0 fully saturated rings. The van der Waals surface area contributed by atoms with Crippen LogP contribution in [0.5, 0.6) is 0 Å². The van der Waals surface area contributed by atoms with Gasteiger partial charge >= 0.3 is 0 Å². The number of hydrogen-bond acceptors (Lipinski definition) is 1. The SMILES string of the molecule is c1ccc2cc(-c3ccc(-c4ccc(N(c5ccc(-c6cccc7c6ccc6ccccc67)cc5)c5ccc(-c6cc7ccccc7c7ccccc67)cc5)cc4)cc3)ccc2c1. The molecule has 0 aromatic heterocycles. The van der Waals surface area contributed by atoms with Gasteiger partial charge in [0.15, 0.2) is 0 Å². The van der Waals surface area contributed by atoms with Crippen molar-refractivity contribution < 1.29 is 0 Å². The van der Waals surface area contributed by atoms with Crippen LogP contribution in [0.1, 0.15) is 0 Å². The highest BCUT2D eigenvalue weighted by Crippen LogP contribution is 2.41. The molecule has 0 spiro atoms. The van der Waals surface area contributed by atoms with Crippen LogP contribution in [-0.2, 0) is 0 Å². The lowest BCUT2D eigenvalue weighted by Crippen LogP contribution is -2.09. The summed E-state index contributed by atoms with van der Waals surface area (Å²) in [5.74, 6) is 0. The quantitative estimate of drug-likeness (QED) is 0.145. The van der Waals surface area contributed by atoms with E-state index in [-0.39, 0.29) is 0 Å². The van der Waals surface area contributed by atoms with Gasteiger partial charge in [-0.3, -0.25) is 0 Å². The number of hydrogen-bond donors (Lipinski definition) is 0. The van der Waals surface area contributed by atoms with Crippen LogP contribution < -0.4 is 4.90 Å². The van der Waals surface area contributed by atoms with Crippen LogP contribution in [0.3, 0.4) is 0 Å². The van der Waals surface area contributed by atoms with E-state index < -0.39 is 0 Å². The molecule has 0 saturated heterocycles. The first-order valence-electron chi connectivity index (χ1n) is 21.7. The van der Waals surface area contributed by atoms with Gasteiger partial charge in [-0.05, 0) is 147 Å². The smallest absolute Gasteiger partial charge is 0.0462 e. The van der Waals surface area contributed by atoms with E-state index in [1.165, 1.54) is 98.4 Å². The predicted octanol–water partition coefficient (Wildman–Crippen LogP) is 17.6. The molecule has 0 bridgehead atoms. The number of nitrogens with zero attached hydrogens (tertiary/aromatic N) is 1. The molecule has 0 radical (unpaired) electrons. The van der Waals surface area contributed by atoms with Crippen LogP contribution in [0.4, 0.5) is 17.1 Å². The lowest BCUT2D eigenvalue weighted by molar-refractivity contribution is 1.28. The molecule has 0 N–H and O–H groups in total. The number of benzene rings is 12. The first kappa shape index (κ1) is 36.6. The molecule has 63 heavy (non-hydrogen) atoms. The Hall–Kier alpha value is -8.26. The Morgan fingerprint density at radius 3 is 1.22 bits per heavy atom. The molecular formula is C62H41N. The van der Waals surface area contributed by atoms with Gasteiger partial charge in [-0.2, -0.15) is 0 Å². The maximum atomic E-state index is 2.37. The average molecular weight is 800 g/mol. The van der Waals surface area contributed by atoms with E-state index in [2.05, 4.69) is 254 Å². The summed E-state index contributed by atoms with van der Waals surface area (Å²) in [6.07, 6.45) is 0. The van der Waals surface area contributed by atoms with Gasteiger partial charge in [0.2, 0.25) is 0 Å². The molecule has 0 aliphatic rings. The second-order valence-corrected chi connectivity index (χ2v) is 16.5. The highest BCUT2D eigenvalue weighted by atomic mass is 15.1. The van der Waals surface area contributed by atoms with Crippen LogP contribution in [0, 0.1) is 0 Å². The van der Waals surface area contributed by atoms with Crippen molar-refractivity contribution >= 4 is 70.9 Å². The first-order valence-corrected chi connectivity index (χ1v) is 21.7. The lowest BCUT2D eigenvalue weighted by atomic mass is 9.93. The fourth-order valence-electron chi connectivity index (χ4n) is 9.64. The Morgan fingerprint density at radius 2 is 0.587 bits per heavy atom. The largest absolute Gasteiger partial charge is 0.311 e. The molecular weight excluding hydrogens is 759 g/mol. The maximum Gasteiger partial charge on any atom is 0.0462 e. The minimum absolute atomic E-state index is 1.10. The van der Waals surface area contributed by atoms with E-state index in [0.29, 0.717) is 0 Å². The zero-order chi connectivity index (χ0) is 41.7. The molecule has 0 heterocycles. The molecule has 12 aromatic carbocycles. The maximum absolute atomic E-state index is 2.37. The molecule has 0 saturated carbocycles. The van der Waals surface area contributed by atoms with E-state index in [1.54, 1.807) is 0 Å². The van der Waals surface area contributed by atoms with Crippen molar-refractivity contribution in [1.29, 1.82) is 0 Å². The Balaban J connectivity index is 0.915. The fraction of sp³-hybridized carbons (Fsp3) is 0. The molecule has 0 aliphatic carbocycles. The molecule has 0 atom stereocenters. The fourth-order valence-corrected chi connectivity index (χ4v) is 9.64. The molecule has 1 heteroatoms. The number of rotatable bonds is 7. The molecule has 1 nitrogen and oxygen atoms in total. The van der Waals surface area contributed by atoms with Gasteiger partial charge in [0.05, 0.1) is 0 Å². The summed E-state index contributed by atoms with van der Waals surface area (Å²) < 4.78 is 0. The van der Waals surface area contributed by atoms with E-state index in [0.717, 1.165) is 17.1 Å². The third-order valence-electron chi connectivity index (χ3n) is 12.9. The summed E-state index contributed by atoms with van der Waals surface area (Å²) in [6.45, 7) is 0. The van der Waals surface area contributed by atoms with Gasteiger partial charge in [-0.25, -0.2) is 0 Å². The summed E-state index contributed by atoms with van der Waals surface area (Å²) in [5.41, 5.74) is 13.0. The third-order valence-corrected chi connectivity index (χ3v) is 12.9. The van der Waals surface area contributed by atoms with Crippen molar-refractivity contribution in [2.24, 2.45) is 0 Å². The zero-order valence-corrected chi connectivity index (χ0v) is 34.6. The standard InChI is InChI=1S/C62H41N/c1-2-12-49-40-50(25-24-42(49)10-1)45-22-20-43(21-23-45)44-26-33-52(34-27-44)63(53-35-28-47(29-36-53)56-18-9-19-59-55-14-5-3-11-46(55)32-39-61(56)59)54-37-30-48(31-38-54)62-41-51-13-4-6-15-57(51)58-16-7-8-17-60(58)62/h1-41H. The van der Waals surface area contributed by atoms with Gasteiger partial charge in [0, 0.05) is 17.1 Å². The summed E-state index contributed by atoms with van der Waals surface area (Å²) in [7, 11) is 0. The van der Waals surface area contributed by atoms with Crippen molar-refractivity contribution in [3.8, 4) is 44.5 Å². The summed E-state index contributed by atoms with van der Waals surface area (Å²) in [5, 5.41) is 12.7. The van der Waals surface area contributed by atoms with Crippen LogP contribution >= 0.6 is 0 Å². The van der Waals surface area contributed by atoms with E-state index in [9.17, 15) is 0 Å². The molecule has 294 valence electrons. The Labute approximate surface area is 367 Å². The normalized spacial score (nSPS) is 11.5. The molecule has 12 aromatic rings. The Kier molecular flexibility index (Phi) is 8.90. The summed E-state index contributed by atoms with van der Waals surface area (Å²) >= 11 is 0. The number of fused-ring (bicyclic) bond motifs is 7. The van der Waals surface area contributed by atoms with Gasteiger partial charge in [0.1, 0.15) is 0 Å². The minimum Gasteiger partial charge on any atom is -0.311 e. The average Bonchev–Trinajstić information content (AvgIpc) is 3.36. The second-order valence-electron chi connectivity index (χ2n) is 16.5. The Bertz CT molecular complexity index is 3640. The summed E-state index contributed by atoms with van der Waals surface area (Å²) in [6, 6.07) is 91.0. The van der Waals surface area contributed by atoms with Crippen LogP contribution in [0.25, 0.3) is 98.4 Å². The van der Waals surface area contributed by atoms with Crippen LogP contribution in [0.15, 0.2) is 249 Å². The van der Waals surface area contributed by atoms with Crippen molar-refractivity contribution in [3.63, 3.8) is 0 Å². The molecule has 0 unspecified atom stereocenters. The molecule has 0 aliphatic heterocycles. The topological polar surface area (TPSA) is 3.24 Å². The monoisotopic (exact) mass is 799 g/mol. The molecule has 12 rings (SSSR count). The van der Waals surface area contributed by atoms with E-state index in [4.69, 9.17) is 0 Å². The lowest BCUT2D eigenvalue weighted by Gasteiger charge is -2.26. The Morgan fingerprint density at radius 1 is 0.190 bits per heavy atom. The van der Waals surface area contributed by atoms with E-state index >= 15 is 0 Å². The predicted molar refractivity (Wildman–Crippen MR) is 270 cm³/mol. The third kappa shape index (κ3) is 6.59. The second kappa shape index (κ2) is 15.3. The van der Waals surface area contributed by atoms with Crippen molar-refractivity contribution in [1.82, 2.24) is 0 Å². The zero-order valence-electron chi connectivity index (χ0n) is 34.6.